The molecule has 2 aliphatic rings. The number of rotatable bonds is 2. The first-order chi connectivity index (χ1) is 9.24. The molecule has 1 aromatic carbocycles. The van der Waals surface area contributed by atoms with E-state index in [-0.39, 0.29) is 18.0 Å². The van der Waals surface area contributed by atoms with Gasteiger partial charge in [-0.15, -0.1) is 11.8 Å². The summed E-state index contributed by atoms with van der Waals surface area (Å²) in [4.78, 5) is 0.821. The fourth-order valence-electron chi connectivity index (χ4n) is 3.09. The molecule has 0 amide bonds. The summed E-state index contributed by atoms with van der Waals surface area (Å²) in [5, 5.41) is 13.2. The summed E-state index contributed by atoms with van der Waals surface area (Å²) in [6.45, 7) is 0. The Balaban J connectivity index is 1.72. The van der Waals surface area contributed by atoms with Crippen molar-refractivity contribution in [3.63, 3.8) is 0 Å². The minimum atomic E-state index is -0.121. The average molecular weight is 281 g/mol. The van der Waals surface area contributed by atoms with Crippen LogP contribution in [0.15, 0.2) is 23.1 Å². The van der Waals surface area contributed by atoms with Gasteiger partial charge < -0.3 is 10.4 Å². The first-order valence-corrected chi connectivity index (χ1v) is 8.08. The maximum atomic E-state index is 13.8. The van der Waals surface area contributed by atoms with Gasteiger partial charge in [-0.2, -0.15) is 0 Å². The van der Waals surface area contributed by atoms with E-state index >= 15 is 0 Å². The zero-order valence-corrected chi connectivity index (χ0v) is 11.8. The zero-order chi connectivity index (χ0) is 13.2. The highest BCUT2D eigenvalue weighted by Crippen LogP contribution is 2.38. The molecule has 0 spiro atoms. The molecule has 0 aromatic heterocycles. The molecule has 0 bridgehead atoms. The summed E-state index contributed by atoms with van der Waals surface area (Å²) in [6.07, 6.45) is 4.75. The van der Waals surface area contributed by atoms with Gasteiger partial charge in [0.05, 0.1) is 6.10 Å². The van der Waals surface area contributed by atoms with Crippen LogP contribution in [0.3, 0.4) is 0 Å². The highest BCUT2D eigenvalue weighted by molar-refractivity contribution is 7.99. The lowest BCUT2D eigenvalue weighted by Gasteiger charge is -2.33. The number of fused-ring (bicyclic) bond motifs is 1. The molecular weight excluding hydrogens is 261 g/mol. The third kappa shape index (κ3) is 2.96. The largest absolute Gasteiger partial charge is 0.393 e. The maximum Gasteiger partial charge on any atom is 0.137 e. The molecule has 104 valence electrons. The van der Waals surface area contributed by atoms with E-state index < -0.39 is 0 Å². The Labute approximate surface area is 117 Å². The number of benzene rings is 1. The fraction of sp³-hybridized carbons (Fsp3) is 0.600. The zero-order valence-electron chi connectivity index (χ0n) is 10.9. The second kappa shape index (κ2) is 5.81. The molecule has 2 N–H and O–H groups in total. The van der Waals surface area contributed by atoms with Gasteiger partial charge in [0.1, 0.15) is 5.82 Å². The number of hydrogen-bond donors (Lipinski definition) is 2. The number of hydrogen-bond acceptors (Lipinski definition) is 3. The number of thioether (sulfide) groups is 1. The Kier molecular flexibility index (Phi) is 4.10. The average Bonchev–Trinajstić information content (AvgIpc) is 2.43. The molecule has 1 aliphatic heterocycles. The Morgan fingerprint density at radius 1 is 1.16 bits per heavy atom. The van der Waals surface area contributed by atoms with Gasteiger partial charge in [0, 0.05) is 17.0 Å². The van der Waals surface area contributed by atoms with Gasteiger partial charge in [-0.3, -0.25) is 0 Å². The van der Waals surface area contributed by atoms with Crippen molar-refractivity contribution in [1.29, 1.82) is 0 Å². The third-order valence-corrected chi connectivity index (χ3v) is 5.32. The van der Waals surface area contributed by atoms with Gasteiger partial charge in [0.2, 0.25) is 0 Å². The Hall–Kier alpha value is -0.580. The van der Waals surface area contributed by atoms with Crippen molar-refractivity contribution in [2.75, 3.05) is 5.75 Å². The lowest BCUT2D eigenvalue weighted by molar-refractivity contribution is 0.114. The predicted octanol–water partition coefficient (Wildman–Crippen LogP) is 3.26. The van der Waals surface area contributed by atoms with Gasteiger partial charge in [0.25, 0.3) is 0 Å². The Bertz CT molecular complexity index is 446. The van der Waals surface area contributed by atoms with Crippen molar-refractivity contribution in [1.82, 2.24) is 5.32 Å². The van der Waals surface area contributed by atoms with Crippen molar-refractivity contribution < 1.29 is 9.50 Å². The summed E-state index contributed by atoms with van der Waals surface area (Å²) < 4.78 is 13.8. The van der Waals surface area contributed by atoms with E-state index in [1.54, 1.807) is 23.9 Å². The van der Waals surface area contributed by atoms with Crippen molar-refractivity contribution in [3.05, 3.63) is 29.6 Å². The number of aliphatic hydroxyl groups is 1. The quantitative estimate of drug-likeness (QED) is 0.873. The van der Waals surface area contributed by atoms with Gasteiger partial charge in [0.15, 0.2) is 0 Å². The fourth-order valence-corrected chi connectivity index (χ4v) is 4.23. The van der Waals surface area contributed by atoms with Crippen molar-refractivity contribution in [3.8, 4) is 0 Å². The van der Waals surface area contributed by atoms with E-state index in [4.69, 9.17) is 0 Å². The number of nitrogens with one attached hydrogen (secondary N) is 1. The molecule has 1 unspecified atom stereocenters. The first kappa shape index (κ1) is 13.4. The first-order valence-electron chi connectivity index (χ1n) is 7.09. The number of aliphatic hydroxyl groups excluding tert-OH is 1. The van der Waals surface area contributed by atoms with Crippen LogP contribution in [-0.4, -0.2) is 23.0 Å². The minimum absolute atomic E-state index is 0.0898. The molecule has 1 saturated carbocycles. The highest BCUT2D eigenvalue weighted by atomic mass is 32.2. The Morgan fingerprint density at radius 2 is 1.95 bits per heavy atom. The van der Waals surface area contributed by atoms with Crippen LogP contribution in [-0.2, 0) is 0 Å². The standard InChI is InChI=1S/C15H20FNOS/c16-13-3-1-2-12-14(8-9-19-15(12)13)17-10-4-6-11(18)7-5-10/h1-3,10-11,14,17-18H,4-9H2. The van der Waals surface area contributed by atoms with E-state index in [9.17, 15) is 9.50 Å². The molecular formula is C15H20FNOS. The predicted molar refractivity (Wildman–Crippen MR) is 75.9 cm³/mol. The van der Waals surface area contributed by atoms with Crippen molar-refractivity contribution in [2.45, 2.75) is 55.2 Å². The van der Waals surface area contributed by atoms with Crippen LogP contribution in [0.4, 0.5) is 4.39 Å². The van der Waals surface area contributed by atoms with E-state index in [0.717, 1.165) is 48.3 Å². The third-order valence-electron chi connectivity index (χ3n) is 4.16. The topological polar surface area (TPSA) is 32.3 Å². The molecule has 0 radical (unpaired) electrons. The van der Waals surface area contributed by atoms with E-state index in [1.165, 1.54) is 0 Å². The van der Waals surface area contributed by atoms with E-state index in [0.29, 0.717) is 6.04 Å². The normalized spacial score (nSPS) is 30.9. The molecule has 2 nitrogen and oxygen atoms in total. The van der Waals surface area contributed by atoms with Crippen LogP contribution >= 0.6 is 11.8 Å². The molecule has 0 saturated heterocycles. The van der Waals surface area contributed by atoms with Gasteiger partial charge in [-0.25, -0.2) is 4.39 Å². The van der Waals surface area contributed by atoms with Crippen LogP contribution < -0.4 is 5.32 Å². The summed E-state index contributed by atoms with van der Waals surface area (Å²) in [7, 11) is 0. The lowest BCUT2D eigenvalue weighted by atomic mass is 9.91. The lowest BCUT2D eigenvalue weighted by Crippen LogP contribution is -2.38. The minimum Gasteiger partial charge on any atom is -0.393 e. The second-order valence-electron chi connectivity index (χ2n) is 5.52. The van der Waals surface area contributed by atoms with Crippen LogP contribution in [0.2, 0.25) is 0 Å². The molecule has 4 heteroatoms. The SMILES string of the molecule is OC1CCC(NC2CCSc3c(F)cccc32)CC1. The smallest absolute Gasteiger partial charge is 0.137 e. The van der Waals surface area contributed by atoms with Gasteiger partial charge in [-0.05, 0) is 49.5 Å². The molecule has 1 heterocycles. The van der Waals surface area contributed by atoms with E-state index in [1.807, 2.05) is 6.07 Å². The van der Waals surface area contributed by atoms with Crippen LogP contribution in [0.1, 0.15) is 43.7 Å². The molecule has 3 rings (SSSR count). The second-order valence-corrected chi connectivity index (χ2v) is 6.63. The summed E-state index contributed by atoms with van der Waals surface area (Å²) in [5.41, 5.74) is 1.11. The number of halogens is 1. The van der Waals surface area contributed by atoms with Gasteiger partial charge >= 0.3 is 0 Å². The molecule has 1 aromatic rings. The molecule has 1 atom stereocenters. The molecule has 1 fully saturated rings. The Morgan fingerprint density at radius 3 is 2.74 bits per heavy atom. The van der Waals surface area contributed by atoms with Crippen LogP contribution in [0.5, 0.6) is 0 Å². The molecule has 19 heavy (non-hydrogen) atoms. The summed E-state index contributed by atoms with van der Waals surface area (Å²) in [5.74, 6) is 0.883. The van der Waals surface area contributed by atoms with Crippen LogP contribution in [0.25, 0.3) is 0 Å². The van der Waals surface area contributed by atoms with Gasteiger partial charge in [-0.1, -0.05) is 12.1 Å². The maximum absolute atomic E-state index is 13.8. The van der Waals surface area contributed by atoms with Crippen LogP contribution in [0, 0.1) is 5.82 Å². The highest BCUT2D eigenvalue weighted by Gasteiger charge is 2.27. The monoisotopic (exact) mass is 281 g/mol. The molecule has 1 aliphatic carbocycles. The van der Waals surface area contributed by atoms with Crippen molar-refractivity contribution in [2.24, 2.45) is 0 Å². The van der Waals surface area contributed by atoms with E-state index in [2.05, 4.69) is 5.32 Å². The summed E-state index contributed by atoms with van der Waals surface area (Å²) >= 11 is 1.63. The van der Waals surface area contributed by atoms with Crippen molar-refractivity contribution >= 4 is 11.8 Å². The summed E-state index contributed by atoms with van der Waals surface area (Å²) in [6, 6.07) is 6.13.